The van der Waals surface area contributed by atoms with Gasteiger partial charge in [-0.05, 0) is 31.9 Å². The third-order valence-corrected chi connectivity index (χ3v) is 4.93. The fourth-order valence-corrected chi connectivity index (χ4v) is 3.53. The van der Waals surface area contributed by atoms with Gasteiger partial charge in [-0.25, -0.2) is 0 Å². The van der Waals surface area contributed by atoms with E-state index in [9.17, 15) is 19.2 Å². The molecule has 0 bridgehead atoms. The van der Waals surface area contributed by atoms with Crippen molar-refractivity contribution in [3.63, 3.8) is 0 Å². The highest BCUT2D eigenvalue weighted by Gasteiger charge is 2.47. The minimum absolute atomic E-state index is 0.336. The van der Waals surface area contributed by atoms with Crippen LogP contribution in [0.2, 0.25) is 0 Å². The summed E-state index contributed by atoms with van der Waals surface area (Å²) in [5.74, 6) is -2.57. The summed E-state index contributed by atoms with van der Waals surface area (Å²) in [7, 11) is 0. The molecule has 7 nitrogen and oxygen atoms in total. The second-order valence-electron chi connectivity index (χ2n) is 6.55. The fourth-order valence-electron chi connectivity index (χ4n) is 3.53. The molecule has 2 atom stereocenters. The van der Waals surface area contributed by atoms with E-state index in [2.05, 4.69) is 0 Å². The average molecular weight is 370 g/mol. The predicted molar refractivity (Wildman–Crippen MR) is 97.5 cm³/mol. The van der Waals surface area contributed by atoms with Gasteiger partial charge in [-0.3, -0.25) is 24.1 Å². The van der Waals surface area contributed by atoms with E-state index in [1.54, 1.807) is 12.1 Å². The topological polar surface area (TPSA) is 84.0 Å². The Kier molecular flexibility index (Phi) is 5.69. The minimum atomic E-state index is -0.763. The number of likely N-dealkylation sites (tertiary alicyclic amines) is 1. The molecule has 1 aromatic carbocycles. The molecule has 27 heavy (non-hydrogen) atoms. The van der Waals surface area contributed by atoms with Gasteiger partial charge >= 0.3 is 5.97 Å². The molecule has 1 aliphatic heterocycles. The van der Waals surface area contributed by atoms with Crippen LogP contribution in [0.1, 0.15) is 19.8 Å². The molecular formula is C20H22N2O5. The maximum Gasteiger partial charge on any atom is 0.326 e. The van der Waals surface area contributed by atoms with Crippen molar-refractivity contribution in [2.45, 2.75) is 19.8 Å². The zero-order chi connectivity index (χ0) is 19.4. The molecule has 1 fully saturated rings. The third-order valence-electron chi connectivity index (χ3n) is 4.93. The van der Waals surface area contributed by atoms with Gasteiger partial charge in [0.25, 0.3) is 5.91 Å². The minimum Gasteiger partial charge on any atom is -0.454 e. The largest absolute Gasteiger partial charge is 0.454 e. The van der Waals surface area contributed by atoms with E-state index in [0.717, 1.165) is 4.90 Å². The Labute approximate surface area is 157 Å². The van der Waals surface area contributed by atoms with Crippen molar-refractivity contribution < 1.29 is 23.9 Å². The summed E-state index contributed by atoms with van der Waals surface area (Å²) < 4.78 is 5.03. The zero-order valence-electron chi connectivity index (χ0n) is 15.2. The maximum atomic E-state index is 12.4. The Morgan fingerprint density at radius 3 is 2.22 bits per heavy atom. The number of ether oxygens (including phenoxy) is 1. The van der Waals surface area contributed by atoms with Gasteiger partial charge in [0.15, 0.2) is 6.61 Å². The first kappa shape index (κ1) is 18.8. The molecule has 1 aromatic rings. The Morgan fingerprint density at radius 1 is 1.07 bits per heavy atom. The van der Waals surface area contributed by atoms with Crippen LogP contribution in [0.4, 0.5) is 5.69 Å². The molecule has 3 amide bonds. The highest BCUT2D eigenvalue weighted by molar-refractivity contribution is 6.07. The van der Waals surface area contributed by atoms with Crippen molar-refractivity contribution in [1.82, 2.24) is 4.90 Å². The first-order valence-corrected chi connectivity index (χ1v) is 9.04. The summed E-state index contributed by atoms with van der Waals surface area (Å²) in [6.07, 6.45) is 4.80. The standard InChI is InChI=1S/C20H22N2O5/c1-2-21(14-8-4-3-5-9-14)17(23)13-27-18(24)12-22-19(25)15-10-6-7-11-16(15)20(22)26/h3-9,15-16H,2,10-13H2,1H3. The molecule has 3 rings (SSSR count). The Hall–Kier alpha value is -2.96. The number of amides is 3. The molecule has 7 heteroatoms. The lowest BCUT2D eigenvalue weighted by Crippen LogP contribution is -2.39. The van der Waals surface area contributed by atoms with Gasteiger partial charge in [-0.2, -0.15) is 0 Å². The number of likely N-dealkylation sites (N-methyl/N-ethyl adjacent to an activating group) is 1. The van der Waals surface area contributed by atoms with E-state index >= 15 is 0 Å². The van der Waals surface area contributed by atoms with Crippen molar-refractivity contribution in [2.75, 3.05) is 24.6 Å². The lowest BCUT2D eigenvalue weighted by Gasteiger charge is -2.21. The number of benzene rings is 1. The normalized spacial score (nSPS) is 21.1. The number of carbonyl (C=O) groups is 4. The van der Waals surface area contributed by atoms with Gasteiger partial charge in [-0.1, -0.05) is 30.4 Å². The van der Waals surface area contributed by atoms with Gasteiger partial charge in [0.2, 0.25) is 11.8 Å². The van der Waals surface area contributed by atoms with Crippen LogP contribution in [0, 0.1) is 11.8 Å². The number of fused-ring (bicyclic) bond motifs is 1. The summed E-state index contributed by atoms with van der Waals surface area (Å²) >= 11 is 0. The molecule has 0 aromatic heterocycles. The molecule has 0 radical (unpaired) electrons. The highest BCUT2D eigenvalue weighted by atomic mass is 16.5. The second-order valence-corrected chi connectivity index (χ2v) is 6.55. The number of carbonyl (C=O) groups excluding carboxylic acids is 4. The van der Waals surface area contributed by atoms with E-state index in [0.29, 0.717) is 25.1 Å². The second kappa shape index (κ2) is 8.16. The Bertz CT molecular complexity index is 748. The molecule has 2 aliphatic rings. The number of anilines is 1. The Morgan fingerprint density at radius 2 is 1.67 bits per heavy atom. The third kappa shape index (κ3) is 3.92. The molecule has 142 valence electrons. The highest BCUT2D eigenvalue weighted by Crippen LogP contribution is 2.34. The van der Waals surface area contributed by atoms with Crippen molar-refractivity contribution in [3.05, 3.63) is 42.5 Å². The summed E-state index contributed by atoms with van der Waals surface area (Å²) in [5, 5.41) is 0. The first-order valence-electron chi connectivity index (χ1n) is 9.04. The van der Waals surface area contributed by atoms with E-state index < -0.39 is 19.1 Å². The molecule has 1 heterocycles. The van der Waals surface area contributed by atoms with Crippen LogP contribution >= 0.6 is 0 Å². The molecule has 1 saturated heterocycles. The number of esters is 1. The monoisotopic (exact) mass is 370 g/mol. The van der Waals surface area contributed by atoms with Gasteiger partial charge in [0.05, 0.1) is 11.8 Å². The van der Waals surface area contributed by atoms with Crippen LogP contribution in [0.3, 0.4) is 0 Å². The molecule has 1 aliphatic carbocycles. The van der Waals surface area contributed by atoms with E-state index in [-0.39, 0.29) is 29.6 Å². The number of hydrogen-bond acceptors (Lipinski definition) is 5. The zero-order valence-corrected chi connectivity index (χ0v) is 15.2. The van der Waals surface area contributed by atoms with Crippen LogP contribution in [0.15, 0.2) is 42.5 Å². The number of allylic oxidation sites excluding steroid dienone is 2. The van der Waals surface area contributed by atoms with Crippen LogP contribution in [-0.4, -0.2) is 48.3 Å². The molecule has 0 saturated carbocycles. The summed E-state index contributed by atoms with van der Waals surface area (Å²) in [4.78, 5) is 51.6. The van der Waals surface area contributed by atoms with Gasteiger partial charge < -0.3 is 9.64 Å². The first-order chi connectivity index (χ1) is 13.0. The van der Waals surface area contributed by atoms with E-state index in [1.807, 2.05) is 37.3 Å². The number of nitrogens with zero attached hydrogens (tertiary/aromatic N) is 2. The summed E-state index contributed by atoms with van der Waals surface area (Å²) in [6, 6.07) is 9.06. The smallest absolute Gasteiger partial charge is 0.326 e. The van der Waals surface area contributed by atoms with Crippen LogP contribution in [-0.2, 0) is 23.9 Å². The maximum absolute atomic E-state index is 12.4. The van der Waals surface area contributed by atoms with E-state index in [1.165, 1.54) is 4.90 Å². The fraction of sp³-hybridized carbons (Fsp3) is 0.400. The van der Waals surface area contributed by atoms with Crippen LogP contribution in [0.25, 0.3) is 0 Å². The molecule has 0 spiro atoms. The molecular weight excluding hydrogens is 348 g/mol. The van der Waals surface area contributed by atoms with Crippen molar-refractivity contribution in [2.24, 2.45) is 11.8 Å². The lowest BCUT2D eigenvalue weighted by atomic mass is 9.85. The van der Waals surface area contributed by atoms with Crippen molar-refractivity contribution in [3.8, 4) is 0 Å². The van der Waals surface area contributed by atoms with Crippen LogP contribution < -0.4 is 4.90 Å². The quantitative estimate of drug-likeness (QED) is 0.431. The lowest BCUT2D eigenvalue weighted by molar-refractivity contribution is -0.154. The predicted octanol–water partition coefficient (Wildman–Crippen LogP) is 1.53. The van der Waals surface area contributed by atoms with Crippen molar-refractivity contribution in [1.29, 1.82) is 0 Å². The van der Waals surface area contributed by atoms with Crippen LogP contribution in [0.5, 0.6) is 0 Å². The van der Waals surface area contributed by atoms with Gasteiger partial charge in [-0.15, -0.1) is 0 Å². The van der Waals surface area contributed by atoms with Gasteiger partial charge in [0, 0.05) is 12.2 Å². The number of imide groups is 1. The number of hydrogen-bond donors (Lipinski definition) is 0. The Balaban J connectivity index is 1.54. The summed E-state index contributed by atoms with van der Waals surface area (Å²) in [6.45, 7) is 1.37. The SMILES string of the molecule is CCN(C(=O)COC(=O)CN1C(=O)C2CC=CCC2C1=O)c1ccccc1. The summed E-state index contributed by atoms with van der Waals surface area (Å²) in [5.41, 5.74) is 0.711. The van der Waals surface area contributed by atoms with Crippen molar-refractivity contribution >= 4 is 29.4 Å². The average Bonchev–Trinajstić information content (AvgIpc) is 2.93. The molecule has 0 N–H and O–H groups in total. The number of rotatable bonds is 6. The number of para-hydroxylation sites is 1. The van der Waals surface area contributed by atoms with Gasteiger partial charge in [0.1, 0.15) is 6.54 Å². The van der Waals surface area contributed by atoms with E-state index in [4.69, 9.17) is 4.74 Å². The molecule has 2 unspecified atom stereocenters.